The predicted molar refractivity (Wildman–Crippen MR) is 81.5 cm³/mol. The van der Waals surface area contributed by atoms with E-state index in [4.69, 9.17) is 0 Å². The van der Waals surface area contributed by atoms with E-state index in [-0.39, 0.29) is 5.82 Å². The Labute approximate surface area is 129 Å². The van der Waals surface area contributed by atoms with Crippen LogP contribution in [0.25, 0.3) is 10.6 Å². The van der Waals surface area contributed by atoms with Crippen LogP contribution in [-0.2, 0) is 0 Å². The van der Waals surface area contributed by atoms with Crippen molar-refractivity contribution in [2.75, 3.05) is 11.4 Å². The largest absolute Gasteiger partial charge is 0.343 e. The highest BCUT2D eigenvalue weighted by atomic mass is 79.9. The molecule has 20 heavy (non-hydrogen) atoms. The van der Waals surface area contributed by atoms with Gasteiger partial charge in [0.15, 0.2) is 5.01 Å². The molecule has 2 aromatic rings. The second kappa shape index (κ2) is 4.77. The first-order chi connectivity index (χ1) is 9.70. The molecule has 1 aromatic heterocycles. The third kappa shape index (κ3) is 2.05. The lowest BCUT2D eigenvalue weighted by atomic mass is 10.1. The molecule has 2 atom stereocenters. The first kappa shape index (κ1) is 12.7. The quantitative estimate of drug-likeness (QED) is 0.813. The molecule has 4 rings (SSSR count). The predicted octanol–water partition coefficient (Wildman–Crippen LogP) is 4.10. The summed E-state index contributed by atoms with van der Waals surface area (Å²) in [6.45, 7) is 1.08. The monoisotopic (exact) mass is 353 g/mol. The van der Waals surface area contributed by atoms with Crippen molar-refractivity contribution >= 4 is 32.4 Å². The number of rotatable bonds is 2. The molecular formula is C14H13BrFN3S. The summed E-state index contributed by atoms with van der Waals surface area (Å²) in [6, 6.07) is 5.53. The van der Waals surface area contributed by atoms with Gasteiger partial charge in [0.25, 0.3) is 0 Å². The first-order valence-electron chi connectivity index (χ1n) is 6.76. The molecule has 6 heteroatoms. The van der Waals surface area contributed by atoms with Gasteiger partial charge in [-0.25, -0.2) is 4.39 Å². The van der Waals surface area contributed by atoms with Gasteiger partial charge in [-0.2, -0.15) is 0 Å². The fourth-order valence-corrected chi connectivity index (χ4v) is 4.57. The Bertz CT molecular complexity index is 660. The summed E-state index contributed by atoms with van der Waals surface area (Å²) < 4.78 is 14.7. The Kier molecular flexibility index (Phi) is 3.03. The van der Waals surface area contributed by atoms with Crippen LogP contribution in [0, 0.1) is 11.7 Å². The minimum Gasteiger partial charge on any atom is -0.343 e. The fraction of sp³-hybridized carbons (Fsp3) is 0.429. The van der Waals surface area contributed by atoms with E-state index in [1.807, 2.05) is 0 Å². The van der Waals surface area contributed by atoms with Gasteiger partial charge in [-0.1, -0.05) is 27.3 Å². The average Bonchev–Trinajstić information content (AvgIpc) is 3.15. The van der Waals surface area contributed by atoms with E-state index in [1.54, 1.807) is 12.1 Å². The number of nitrogens with zero attached hydrogens (tertiary/aromatic N) is 3. The lowest BCUT2D eigenvalue weighted by Crippen LogP contribution is -2.31. The van der Waals surface area contributed by atoms with Gasteiger partial charge >= 0.3 is 0 Å². The van der Waals surface area contributed by atoms with E-state index in [0.717, 1.165) is 22.1 Å². The molecule has 2 aliphatic rings. The summed E-state index contributed by atoms with van der Waals surface area (Å²) in [5.41, 5.74) is 0.521. The third-order valence-electron chi connectivity index (χ3n) is 4.23. The number of benzene rings is 1. The molecule has 104 valence electrons. The Morgan fingerprint density at radius 1 is 1.30 bits per heavy atom. The average molecular weight is 354 g/mol. The van der Waals surface area contributed by atoms with E-state index in [0.29, 0.717) is 16.6 Å². The highest BCUT2D eigenvalue weighted by molar-refractivity contribution is 9.10. The summed E-state index contributed by atoms with van der Waals surface area (Å²) in [4.78, 5) is 2.35. The number of halogens is 2. The Morgan fingerprint density at radius 2 is 2.20 bits per heavy atom. The molecule has 0 amide bonds. The highest BCUT2D eigenvalue weighted by Crippen LogP contribution is 2.42. The standard InChI is InChI=1S/C14H13BrFN3S/c15-9-2-4-12(16)11(6-9)13-17-18-14(20-13)19-7-8-1-3-10(19)5-8/h2,4,6,8,10H,1,3,5,7H2. The van der Waals surface area contributed by atoms with Crippen LogP contribution in [0.15, 0.2) is 22.7 Å². The van der Waals surface area contributed by atoms with E-state index < -0.39 is 0 Å². The van der Waals surface area contributed by atoms with E-state index in [2.05, 4.69) is 31.0 Å². The van der Waals surface area contributed by atoms with Gasteiger partial charge in [-0.05, 0) is 43.4 Å². The molecule has 2 fully saturated rings. The van der Waals surface area contributed by atoms with Crippen LogP contribution in [0.2, 0.25) is 0 Å². The van der Waals surface area contributed by atoms with Crippen molar-refractivity contribution < 1.29 is 4.39 Å². The topological polar surface area (TPSA) is 29.0 Å². The van der Waals surface area contributed by atoms with Crippen molar-refractivity contribution in [3.05, 3.63) is 28.5 Å². The van der Waals surface area contributed by atoms with Crippen LogP contribution in [0.5, 0.6) is 0 Å². The lowest BCUT2D eigenvalue weighted by molar-refractivity contribution is 0.552. The lowest BCUT2D eigenvalue weighted by Gasteiger charge is -2.25. The van der Waals surface area contributed by atoms with Gasteiger partial charge in [0.2, 0.25) is 5.13 Å². The SMILES string of the molecule is Fc1ccc(Br)cc1-c1nnc(N2CC3CCC2C3)s1. The molecule has 1 saturated heterocycles. The second-order valence-electron chi connectivity index (χ2n) is 5.50. The molecule has 1 aliphatic heterocycles. The van der Waals surface area contributed by atoms with Crippen molar-refractivity contribution in [1.29, 1.82) is 0 Å². The number of piperidine rings is 1. The van der Waals surface area contributed by atoms with Crippen LogP contribution >= 0.6 is 27.3 Å². The Balaban J connectivity index is 1.66. The summed E-state index contributed by atoms with van der Waals surface area (Å²) in [6.07, 6.45) is 3.87. The highest BCUT2D eigenvalue weighted by Gasteiger charge is 2.39. The minimum absolute atomic E-state index is 0.251. The summed E-state index contributed by atoms with van der Waals surface area (Å²) in [5, 5.41) is 10.1. The zero-order chi connectivity index (χ0) is 13.7. The molecule has 1 saturated carbocycles. The molecule has 0 N–H and O–H groups in total. The molecule has 0 spiro atoms. The summed E-state index contributed by atoms with van der Waals surface area (Å²) in [7, 11) is 0. The number of hydrogen-bond donors (Lipinski definition) is 0. The summed E-state index contributed by atoms with van der Waals surface area (Å²) >= 11 is 4.86. The van der Waals surface area contributed by atoms with Gasteiger partial charge in [-0.15, -0.1) is 10.2 Å². The molecule has 1 aromatic carbocycles. The minimum atomic E-state index is -0.251. The van der Waals surface area contributed by atoms with E-state index in [9.17, 15) is 4.39 Å². The maximum absolute atomic E-state index is 13.9. The van der Waals surface area contributed by atoms with Gasteiger partial charge in [0.1, 0.15) is 5.82 Å². The van der Waals surface area contributed by atoms with Gasteiger partial charge < -0.3 is 4.90 Å². The number of aromatic nitrogens is 2. The molecule has 1 aliphatic carbocycles. The fourth-order valence-electron chi connectivity index (χ4n) is 3.26. The molecular weight excluding hydrogens is 341 g/mol. The zero-order valence-corrected chi connectivity index (χ0v) is 13.1. The normalized spacial score (nSPS) is 24.6. The first-order valence-corrected chi connectivity index (χ1v) is 8.37. The Morgan fingerprint density at radius 3 is 2.95 bits per heavy atom. The van der Waals surface area contributed by atoms with Crippen molar-refractivity contribution in [2.24, 2.45) is 5.92 Å². The van der Waals surface area contributed by atoms with Crippen molar-refractivity contribution in [3.63, 3.8) is 0 Å². The number of fused-ring (bicyclic) bond motifs is 2. The van der Waals surface area contributed by atoms with Gasteiger partial charge in [0.05, 0.1) is 0 Å². The number of anilines is 1. The molecule has 2 bridgehead atoms. The molecule has 3 nitrogen and oxygen atoms in total. The van der Waals surface area contributed by atoms with Crippen molar-refractivity contribution in [1.82, 2.24) is 10.2 Å². The van der Waals surface area contributed by atoms with Crippen LogP contribution in [0.3, 0.4) is 0 Å². The van der Waals surface area contributed by atoms with Crippen LogP contribution < -0.4 is 4.90 Å². The van der Waals surface area contributed by atoms with Crippen LogP contribution in [-0.4, -0.2) is 22.8 Å². The summed E-state index contributed by atoms with van der Waals surface area (Å²) in [5.74, 6) is 0.564. The number of hydrogen-bond acceptors (Lipinski definition) is 4. The maximum atomic E-state index is 13.9. The van der Waals surface area contributed by atoms with Crippen LogP contribution in [0.4, 0.5) is 9.52 Å². The van der Waals surface area contributed by atoms with E-state index in [1.165, 1.54) is 36.7 Å². The Hall–Kier alpha value is -1.01. The second-order valence-corrected chi connectivity index (χ2v) is 7.37. The van der Waals surface area contributed by atoms with E-state index >= 15 is 0 Å². The zero-order valence-electron chi connectivity index (χ0n) is 10.7. The van der Waals surface area contributed by atoms with Crippen molar-refractivity contribution in [3.8, 4) is 10.6 Å². The van der Waals surface area contributed by atoms with Gasteiger partial charge in [0, 0.05) is 22.6 Å². The third-order valence-corrected chi connectivity index (χ3v) is 5.71. The van der Waals surface area contributed by atoms with Gasteiger partial charge in [-0.3, -0.25) is 0 Å². The molecule has 2 heterocycles. The smallest absolute Gasteiger partial charge is 0.208 e. The molecule has 0 radical (unpaired) electrons. The molecule has 2 unspecified atom stereocenters. The van der Waals surface area contributed by atoms with Crippen molar-refractivity contribution in [2.45, 2.75) is 25.3 Å². The maximum Gasteiger partial charge on any atom is 0.208 e. The van der Waals surface area contributed by atoms with Crippen LogP contribution in [0.1, 0.15) is 19.3 Å².